The highest BCUT2D eigenvalue weighted by atomic mass is 16.6. The van der Waals surface area contributed by atoms with Crippen LogP contribution in [0.1, 0.15) is 593 Å². The molecule has 0 saturated carbocycles. The first kappa shape index (κ1) is 121. The molecule has 0 spiro atoms. The summed E-state index contributed by atoms with van der Waals surface area (Å²) in [5.74, 6) is 13.4. The second-order valence-electron chi connectivity index (χ2n) is 51.4. The van der Waals surface area contributed by atoms with Gasteiger partial charge in [0, 0.05) is 0 Å². The Balaban J connectivity index is 2.21. The third-order valence-electron chi connectivity index (χ3n) is 33.7. The minimum atomic E-state index is -0.913. The van der Waals surface area contributed by atoms with E-state index in [2.05, 4.69) is 208 Å². The van der Waals surface area contributed by atoms with Crippen LogP contribution >= 0.6 is 0 Å². The van der Waals surface area contributed by atoms with E-state index < -0.39 is 39.7 Å². The molecule has 2 N–H and O–H groups in total. The first-order chi connectivity index (χ1) is 59.8. The highest BCUT2D eigenvalue weighted by Gasteiger charge is 2.56. The van der Waals surface area contributed by atoms with E-state index in [1.165, 1.54) is 263 Å². The van der Waals surface area contributed by atoms with Crippen LogP contribution in [0.15, 0.2) is 0 Å². The molecule has 24 atom stereocenters. The topological polar surface area (TPSA) is 86.6 Å². The van der Waals surface area contributed by atoms with Crippen LogP contribution in [0.4, 0.5) is 0 Å². The highest BCUT2D eigenvalue weighted by Crippen LogP contribution is 2.51. The average Bonchev–Trinajstić information content (AvgIpc) is 1.74. The van der Waals surface area contributed by atoms with E-state index in [4.69, 9.17) is 23.7 Å². The molecule has 0 aromatic heterocycles. The largest absolute Gasteiger partial charge is 0.390 e. The van der Waals surface area contributed by atoms with Gasteiger partial charge in [0.1, 0.15) is 0 Å². The molecule has 0 aliphatic carbocycles. The van der Waals surface area contributed by atoms with Crippen molar-refractivity contribution in [3.05, 3.63) is 0 Å². The third-order valence-corrected chi connectivity index (χ3v) is 33.7. The molecule has 3 heterocycles. The number of ether oxygens (including phenoxy) is 5. The Hall–Kier alpha value is -0.280. The maximum atomic E-state index is 12.8. The van der Waals surface area contributed by atoms with Gasteiger partial charge in [-0.05, 0) is 225 Å². The van der Waals surface area contributed by atoms with Crippen molar-refractivity contribution in [2.45, 2.75) is 663 Å². The first-order valence-electron chi connectivity index (χ1n) is 57.6. The van der Waals surface area contributed by atoms with E-state index in [1.54, 1.807) is 0 Å². The van der Waals surface area contributed by atoms with Gasteiger partial charge in [0.05, 0.1) is 70.2 Å². The highest BCUT2D eigenvalue weighted by molar-refractivity contribution is 5.05. The van der Waals surface area contributed by atoms with E-state index in [9.17, 15) is 10.2 Å². The van der Waals surface area contributed by atoms with Crippen molar-refractivity contribution in [1.29, 1.82) is 0 Å². The van der Waals surface area contributed by atoms with Crippen molar-refractivity contribution >= 4 is 0 Å². The smallest absolute Gasteiger partial charge is 0.0924 e. The van der Waals surface area contributed by atoms with Crippen LogP contribution in [0, 0.1) is 107 Å². The summed E-state index contributed by atoms with van der Waals surface area (Å²) in [5, 5.41) is 25.2. The monoisotopic (exact) mass is 1790 g/mol. The van der Waals surface area contributed by atoms with Crippen LogP contribution in [0.2, 0.25) is 0 Å². The van der Waals surface area contributed by atoms with Gasteiger partial charge in [-0.25, -0.2) is 0 Å². The lowest BCUT2D eigenvalue weighted by Gasteiger charge is -2.52. The van der Waals surface area contributed by atoms with Gasteiger partial charge in [0.2, 0.25) is 0 Å². The van der Waals surface area contributed by atoms with Gasteiger partial charge in [0.15, 0.2) is 0 Å². The molecule has 7 heteroatoms. The van der Waals surface area contributed by atoms with E-state index in [1.807, 2.05) is 0 Å². The summed E-state index contributed by atoms with van der Waals surface area (Å²) in [7, 11) is 0. The Kier molecular flexibility index (Phi) is 62.4. The quantitative estimate of drug-likeness (QED) is 0.0627. The zero-order valence-electron chi connectivity index (χ0n) is 92.2. The normalized spacial score (nSPS) is 24.5. The fraction of sp³-hybridized carbons (Fsp3) is 1.00. The lowest BCUT2D eigenvalue weighted by atomic mass is 9.78. The number of rotatable bonds is 81. The van der Waals surface area contributed by atoms with Gasteiger partial charge < -0.3 is 33.9 Å². The molecule has 127 heavy (non-hydrogen) atoms. The predicted octanol–water partition coefficient (Wildman–Crippen LogP) is 37.8. The van der Waals surface area contributed by atoms with Gasteiger partial charge >= 0.3 is 0 Å². The van der Waals surface area contributed by atoms with Gasteiger partial charge in [-0.3, -0.25) is 0 Å². The Morgan fingerprint density at radius 1 is 0.236 bits per heavy atom. The van der Waals surface area contributed by atoms with Crippen molar-refractivity contribution in [2.24, 2.45) is 107 Å². The second-order valence-corrected chi connectivity index (χ2v) is 51.4. The SMILES string of the molecule is CC(C)CCC[C@@H](C)CCC[C@@H](C)CCC[C@]1(C)O[C@H]([C@](C)(CCC[C@H](C)CCC[C@H](C)CCCC(C)C)O[C@@](C)(CCC[C@H](C)CCC[C@H](C)CCCC(C)C)[C@H]2CC[C@@H]([C@](C)(CCC[C@H](C)CCC[C@H](C)CCCC(C)C)O[C@@](C)(CCC[C@H](C)CCC[C@H](C)CCCC(C)C)[C@H]3CC[C@@H]([C@@](C)(O)CCC[C@@H](C)CCC[C@@H](C)CCCC(C)C)O3)O2)CC[C@H]1O. The Labute approximate surface area is 798 Å². The summed E-state index contributed by atoms with van der Waals surface area (Å²) in [4.78, 5) is 0. The molecule has 0 unspecified atom stereocenters. The minimum absolute atomic E-state index is 0.130. The van der Waals surface area contributed by atoms with Gasteiger partial charge in [-0.1, -0.05) is 474 Å². The molecule has 0 aromatic carbocycles. The van der Waals surface area contributed by atoms with Crippen LogP contribution in [-0.4, -0.2) is 80.4 Å². The van der Waals surface area contributed by atoms with Crippen LogP contribution in [0.3, 0.4) is 0 Å². The van der Waals surface area contributed by atoms with Crippen molar-refractivity contribution in [2.75, 3.05) is 0 Å². The molecule has 3 aliphatic heterocycles. The molecule has 0 aromatic rings. The molecule has 3 rings (SSSR count). The molecule has 0 radical (unpaired) electrons. The van der Waals surface area contributed by atoms with E-state index >= 15 is 0 Å². The van der Waals surface area contributed by atoms with E-state index in [0.717, 1.165) is 193 Å². The molecule has 3 fully saturated rings. The van der Waals surface area contributed by atoms with Crippen molar-refractivity contribution < 1.29 is 33.9 Å². The number of hydrogen-bond acceptors (Lipinski definition) is 7. The second kappa shape index (κ2) is 65.6. The zero-order chi connectivity index (χ0) is 94.8. The van der Waals surface area contributed by atoms with Gasteiger partial charge in [0.25, 0.3) is 0 Å². The Morgan fingerprint density at radius 3 is 0.638 bits per heavy atom. The molecule has 0 amide bonds. The fourth-order valence-corrected chi connectivity index (χ4v) is 23.8. The molecule has 3 aliphatic rings. The Bertz CT molecular complexity index is 2600. The number of aliphatic hydroxyl groups is 2. The average molecular weight is 1790 g/mol. The van der Waals surface area contributed by atoms with E-state index in [0.29, 0.717) is 35.5 Å². The summed E-state index contributed by atoms with van der Waals surface area (Å²) in [6.45, 7) is 73.0. The summed E-state index contributed by atoms with van der Waals surface area (Å²) in [5.41, 5.74) is -3.97. The molecule has 758 valence electrons. The maximum Gasteiger partial charge on any atom is 0.0924 e. The zero-order valence-corrected chi connectivity index (χ0v) is 92.2. The summed E-state index contributed by atoms with van der Waals surface area (Å²) in [6.07, 6.45) is 70.9. The van der Waals surface area contributed by atoms with Crippen LogP contribution in [0.5, 0.6) is 0 Å². The summed E-state index contributed by atoms with van der Waals surface area (Å²) in [6, 6.07) is 0. The van der Waals surface area contributed by atoms with Gasteiger partial charge in [-0.15, -0.1) is 0 Å². The molecule has 3 saturated heterocycles. The predicted molar refractivity (Wildman–Crippen MR) is 559 cm³/mol. The standard InChI is InChI=1S/C120H236O7/c1-91(2)49-31-55-97(13)61-37-67-103(19)73-43-85-115(25,122)110-81-82-111(123-110)117(27,87-45-75-105(21)69-39-63-99(15)57-33-51-93(5)6)126-118(28,88-46-76-106(22)70-40-64-100(16)58-34-52-94(7)8)112-83-84-113(124-112)119(29,89-47-77-107(23)71-41-65-101(17)59-35-53-95(9)10)127-120(30,90-48-78-108(24)72-42-66-102(18)60-36-54-96(11)12)114-80-79-109(121)116(26,125-114)86-44-74-104(20)68-38-62-98(14)56-32-50-92(3)4/h91-114,121-122H,31-90H2,1-30H3/t97-,98+,99+,100+,101+,102+,103-,104+,105+,106+,107+,108+,109+,110-,111+,112-,113+,114-,115-,116-,117-,118-,119-,120-/m0/s1. The minimum Gasteiger partial charge on any atom is -0.390 e. The molecular formula is C120H236O7. The summed E-state index contributed by atoms with van der Waals surface area (Å²) >= 11 is 0. The number of hydrogen-bond donors (Lipinski definition) is 2. The van der Waals surface area contributed by atoms with Crippen LogP contribution in [-0.2, 0) is 23.7 Å². The third kappa shape index (κ3) is 53.5. The summed E-state index contributed by atoms with van der Waals surface area (Å²) < 4.78 is 40.5. The van der Waals surface area contributed by atoms with Crippen molar-refractivity contribution in [3.8, 4) is 0 Å². The number of aliphatic hydroxyl groups excluding tert-OH is 1. The lowest BCUT2D eigenvalue weighted by molar-refractivity contribution is -0.288. The molecule has 0 bridgehead atoms. The molecule has 7 nitrogen and oxygen atoms in total. The van der Waals surface area contributed by atoms with Gasteiger partial charge in [-0.2, -0.15) is 0 Å². The maximum absolute atomic E-state index is 12.8. The Morgan fingerprint density at radius 2 is 0.409 bits per heavy atom. The van der Waals surface area contributed by atoms with Crippen molar-refractivity contribution in [1.82, 2.24) is 0 Å². The fourth-order valence-electron chi connectivity index (χ4n) is 23.8. The lowest BCUT2D eigenvalue weighted by Crippen LogP contribution is -2.60. The first-order valence-corrected chi connectivity index (χ1v) is 57.6. The molecular weight excluding hydrogens is 1550 g/mol. The van der Waals surface area contributed by atoms with Crippen LogP contribution in [0.25, 0.3) is 0 Å². The van der Waals surface area contributed by atoms with Crippen molar-refractivity contribution in [3.63, 3.8) is 0 Å². The van der Waals surface area contributed by atoms with E-state index in [-0.39, 0.29) is 30.5 Å². The van der Waals surface area contributed by atoms with Crippen LogP contribution < -0.4 is 0 Å².